The minimum Gasteiger partial charge on any atom is -0.493 e. The molecule has 0 radical (unpaired) electrons. The van der Waals surface area contributed by atoms with E-state index in [2.05, 4.69) is 4.74 Å². The SMILES string of the molecule is O=C(OC(C(F)(F)F)C(F)(F)F)N1CCN(Cc2ccc(Cl)cc2OCCCC(O)O)CC1. The molecule has 7 nitrogen and oxygen atoms in total. The first kappa shape index (κ1) is 27.3. The van der Waals surface area contributed by atoms with E-state index in [-0.39, 0.29) is 39.2 Å². The van der Waals surface area contributed by atoms with E-state index in [4.69, 9.17) is 26.6 Å². The van der Waals surface area contributed by atoms with Crippen LogP contribution in [0, 0.1) is 0 Å². The van der Waals surface area contributed by atoms with Gasteiger partial charge < -0.3 is 24.6 Å². The average Bonchev–Trinajstić information content (AvgIpc) is 2.69. The molecule has 0 unspecified atom stereocenters. The Hall–Kier alpha value is -1.96. The van der Waals surface area contributed by atoms with Gasteiger partial charge in [-0.3, -0.25) is 4.90 Å². The van der Waals surface area contributed by atoms with Gasteiger partial charge in [0.2, 0.25) is 0 Å². The van der Waals surface area contributed by atoms with Gasteiger partial charge in [-0.15, -0.1) is 0 Å². The summed E-state index contributed by atoms with van der Waals surface area (Å²) < 4.78 is 84.9. The zero-order valence-electron chi connectivity index (χ0n) is 17.2. The molecule has 1 aliphatic rings. The second-order valence-electron chi connectivity index (χ2n) is 7.33. The van der Waals surface area contributed by atoms with Gasteiger partial charge in [0.1, 0.15) is 5.75 Å². The number of carbonyl (C=O) groups excluding carboxylic acids is 1. The second-order valence-corrected chi connectivity index (χ2v) is 7.77. The first-order valence-electron chi connectivity index (χ1n) is 9.86. The van der Waals surface area contributed by atoms with E-state index in [0.717, 1.165) is 4.90 Å². The quantitative estimate of drug-likeness (QED) is 0.317. The number of amides is 1. The number of rotatable bonds is 8. The summed E-state index contributed by atoms with van der Waals surface area (Å²) in [4.78, 5) is 14.5. The van der Waals surface area contributed by atoms with Crippen LogP contribution in [0.3, 0.4) is 0 Å². The van der Waals surface area contributed by atoms with Crippen LogP contribution in [0.1, 0.15) is 18.4 Å². The van der Waals surface area contributed by atoms with Crippen LogP contribution in [0.4, 0.5) is 31.1 Å². The lowest BCUT2D eigenvalue weighted by Gasteiger charge is -2.35. The maximum absolute atomic E-state index is 12.6. The molecule has 33 heavy (non-hydrogen) atoms. The number of aliphatic hydroxyl groups is 2. The monoisotopic (exact) mass is 508 g/mol. The zero-order chi connectivity index (χ0) is 24.8. The number of piperazine rings is 1. The van der Waals surface area contributed by atoms with Gasteiger partial charge in [-0.1, -0.05) is 17.7 Å². The molecule has 1 aliphatic heterocycles. The molecule has 0 saturated carbocycles. The Morgan fingerprint density at radius 1 is 1.06 bits per heavy atom. The van der Waals surface area contributed by atoms with Gasteiger partial charge in [0.05, 0.1) is 6.61 Å². The Morgan fingerprint density at radius 3 is 2.21 bits per heavy atom. The molecule has 1 fully saturated rings. The average molecular weight is 509 g/mol. The van der Waals surface area contributed by atoms with Gasteiger partial charge >= 0.3 is 18.4 Å². The van der Waals surface area contributed by atoms with Crippen molar-refractivity contribution in [3.05, 3.63) is 28.8 Å². The van der Waals surface area contributed by atoms with E-state index >= 15 is 0 Å². The highest BCUT2D eigenvalue weighted by molar-refractivity contribution is 6.30. The molecular formula is C19H23ClF6N2O5. The lowest BCUT2D eigenvalue weighted by Crippen LogP contribution is -2.52. The van der Waals surface area contributed by atoms with Crippen LogP contribution in [0.5, 0.6) is 5.75 Å². The van der Waals surface area contributed by atoms with Gasteiger partial charge in [0.25, 0.3) is 6.10 Å². The molecule has 1 amide bonds. The van der Waals surface area contributed by atoms with Crippen molar-refractivity contribution >= 4 is 17.7 Å². The molecule has 0 aliphatic carbocycles. The first-order chi connectivity index (χ1) is 15.3. The summed E-state index contributed by atoms with van der Waals surface area (Å²) in [5, 5.41) is 18.2. The number of carbonyl (C=O) groups is 1. The van der Waals surface area contributed by atoms with E-state index < -0.39 is 30.8 Å². The standard InChI is InChI=1S/C19H23ClF6N2O5/c20-13-4-3-12(14(10-13)32-9-1-2-15(29)30)11-27-5-7-28(8-6-27)17(31)33-16(18(21,22)23)19(24,25)26/h3-4,10,15-16,29-30H,1-2,5-9,11H2. The van der Waals surface area contributed by atoms with Gasteiger partial charge in [-0.25, -0.2) is 4.79 Å². The summed E-state index contributed by atoms with van der Waals surface area (Å²) in [6.45, 7) is 0.627. The Kier molecular flexibility index (Phi) is 9.47. The van der Waals surface area contributed by atoms with E-state index in [0.29, 0.717) is 29.3 Å². The molecule has 1 heterocycles. The van der Waals surface area contributed by atoms with Crippen molar-refractivity contribution in [2.24, 2.45) is 0 Å². The first-order valence-corrected chi connectivity index (χ1v) is 10.2. The van der Waals surface area contributed by atoms with Crippen molar-refractivity contribution in [1.82, 2.24) is 9.80 Å². The number of benzene rings is 1. The number of hydrogen-bond acceptors (Lipinski definition) is 6. The van der Waals surface area contributed by atoms with Gasteiger partial charge in [-0.05, 0) is 18.6 Å². The molecule has 14 heteroatoms. The lowest BCUT2D eigenvalue weighted by atomic mass is 10.1. The summed E-state index contributed by atoms with van der Waals surface area (Å²) in [5.74, 6) is 0.454. The summed E-state index contributed by atoms with van der Waals surface area (Å²) in [5.41, 5.74) is 0.717. The summed E-state index contributed by atoms with van der Waals surface area (Å²) in [7, 11) is 0. The Bertz CT molecular complexity index is 771. The smallest absolute Gasteiger partial charge is 0.434 e. The fourth-order valence-electron chi connectivity index (χ4n) is 3.07. The predicted molar refractivity (Wildman–Crippen MR) is 104 cm³/mol. The minimum atomic E-state index is -5.77. The van der Waals surface area contributed by atoms with E-state index in [1.54, 1.807) is 18.2 Å². The molecule has 0 bridgehead atoms. The molecule has 1 aromatic carbocycles. The molecule has 2 N–H and O–H groups in total. The van der Waals surface area contributed by atoms with Gasteiger partial charge in [0.15, 0.2) is 6.29 Å². The van der Waals surface area contributed by atoms with Crippen LogP contribution in [0.2, 0.25) is 5.02 Å². The van der Waals surface area contributed by atoms with E-state index in [1.165, 1.54) is 0 Å². The van der Waals surface area contributed by atoms with Crippen molar-refractivity contribution < 1.29 is 50.8 Å². The molecule has 1 saturated heterocycles. The van der Waals surface area contributed by atoms with Crippen molar-refractivity contribution in [2.45, 2.75) is 44.1 Å². The van der Waals surface area contributed by atoms with Gasteiger partial charge in [-0.2, -0.15) is 26.3 Å². The molecule has 1 aromatic rings. The van der Waals surface area contributed by atoms with Crippen LogP contribution in [0.15, 0.2) is 18.2 Å². The number of halogens is 7. The number of aliphatic hydroxyl groups excluding tert-OH is 1. The molecule has 188 valence electrons. The molecule has 0 spiro atoms. The largest absolute Gasteiger partial charge is 0.493 e. The molecular weight excluding hydrogens is 486 g/mol. The number of alkyl halides is 6. The van der Waals surface area contributed by atoms with Crippen molar-refractivity contribution in [1.29, 1.82) is 0 Å². The Labute approximate surface area is 190 Å². The minimum absolute atomic E-state index is 0.123. The fourth-order valence-corrected chi connectivity index (χ4v) is 3.23. The van der Waals surface area contributed by atoms with Crippen LogP contribution in [0.25, 0.3) is 0 Å². The molecule has 2 rings (SSSR count). The fraction of sp³-hybridized carbons (Fsp3) is 0.632. The summed E-state index contributed by atoms with van der Waals surface area (Å²) in [6, 6.07) is 4.91. The molecule has 0 aromatic heterocycles. The predicted octanol–water partition coefficient (Wildman–Crippen LogP) is 3.56. The lowest BCUT2D eigenvalue weighted by molar-refractivity contribution is -0.308. The maximum atomic E-state index is 12.6. The third kappa shape index (κ3) is 8.72. The van der Waals surface area contributed by atoms with Crippen molar-refractivity contribution in [2.75, 3.05) is 32.8 Å². The third-order valence-electron chi connectivity index (χ3n) is 4.73. The highest BCUT2D eigenvalue weighted by Gasteiger charge is 2.60. The van der Waals surface area contributed by atoms with Crippen molar-refractivity contribution in [3.8, 4) is 5.75 Å². The molecule has 0 atom stereocenters. The Balaban J connectivity index is 1.92. The topological polar surface area (TPSA) is 82.5 Å². The van der Waals surface area contributed by atoms with E-state index in [1.807, 2.05) is 4.90 Å². The van der Waals surface area contributed by atoms with E-state index in [9.17, 15) is 31.1 Å². The van der Waals surface area contributed by atoms with Crippen LogP contribution in [-0.4, -0.2) is 83.6 Å². The maximum Gasteiger partial charge on any atom is 0.434 e. The van der Waals surface area contributed by atoms with Crippen LogP contribution in [-0.2, 0) is 11.3 Å². The summed E-state index contributed by atoms with van der Waals surface area (Å²) >= 11 is 5.99. The highest BCUT2D eigenvalue weighted by Crippen LogP contribution is 2.36. The second kappa shape index (κ2) is 11.4. The summed E-state index contributed by atoms with van der Waals surface area (Å²) in [6.07, 6.45) is -18.4. The highest BCUT2D eigenvalue weighted by atomic mass is 35.5. The van der Waals surface area contributed by atoms with Crippen molar-refractivity contribution in [3.63, 3.8) is 0 Å². The zero-order valence-corrected chi connectivity index (χ0v) is 18.0. The van der Waals surface area contributed by atoms with Crippen LogP contribution >= 0.6 is 11.6 Å². The van der Waals surface area contributed by atoms with Gasteiger partial charge in [0, 0.05) is 49.7 Å². The number of ether oxygens (including phenoxy) is 2. The normalized spacial score (nSPS) is 15.9. The third-order valence-corrected chi connectivity index (χ3v) is 4.97. The number of nitrogens with zero attached hydrogens (tertiary/aromatic N) is 2. The number of hydrogen-bond donors (Lipinski definition) is 2. The Morgan fingerprint density at radius 2 is 1.67 bits per heavy atom. The van der Waals surface area contributed by atoms with Crippen LogP contribution < -0.4 is 4.74 Å².